The van der Waals surface area contributed by atoms with Gasteiger partial charge in [-0.15, -0.1) is 0 Å². The molecule has 2 N–H and O–H groups in total. The first-order chi connectivity index (χ1) is 12.3. The van der Waals surface area contributed by atoms with Crippen molar-refractivity contribution in [3.63, 3.8) is 0 Å². The predicted molar refractivity (Wildman–Crippen MR) is 92.2 cm³/mol. The molecule has 1 aliphatic rings. The van der Waals surface area contributed by atoms with Crippen molar-refractivity contribution >= 4 is 15.7 Å². The summed E-state index contributed by atoms with van der Waals surface area (Å²) in [7, 11) is -3.52. The molecule has 0 radical (unpaired) electrons. The number of halogens is 3. The van der Waals surface area contributed by atoms with Gasteiger partial charge in [0.2, 0.25) is 0 Å². The number of aliphatic imine (C=N–C) groups is 1. The minimum Gasteiger partial charge on any atom is -0.484 e. The fraction of sp³-hybridized carbons (Fsp3) is 0.562. The fourth-order valence-electron chi connectivity index (χ4n) is 2.50. The highest BCUT2D eigenvalue weighted by molar-refractivity contribution is 7.90. The summed E-state index contributed by atoms with van der Waals surface area (Å²) in [5.41, 5.74) is 4.74. The van der Waals surface area contributed by atoms with Crippen LogP contribution in [0.15, 0.2) is 17.3 Å². The molecule has 1 aliphatic carbocycles. The molecule has 7 nitrogen and oxygen atoms in total. The summed E-state index contributed by atoms with van der Waals surface area (Å²) >= 11 is 0. The molecule has 2 rings (SSSR count). The van der Waals surface area contributed by atoms with Crippen molar-refractivity contribution in [2.75, 3.05) is 18.6 Å². The molecule has 27 heavy (non-hydrogen) atoms. The zero-order chi connectivity index (χ0) is 20.5. The minimum atomic E-state index is -4.50. The Bertz CT molecular complexity index is 889. The van der Waals surface area contributed by atoms with Crippen molar-refractivity contribution in [3.8, 4) is 11.8 Å². The van der Waals surface area contributed by atoms with Gasteiger partial charge in [0.15, 0.2) is 22.0 Å². The van der Waals surface area contributed by atoms with Gasteiger partial charge in [0.05, 0.1) is 11.8 Å². The molecule has 11 heteroatoms. The summed E-state index contributed by atoms with van der Waals surface area (Å²) in [5, 5.41) is 9.25. The summed E-state index contributed by atoms with van der Waals surface area (Å²) in [6.45, 7) is -0.169. The van der Waals surface area contributed by atoms with Gasteiger partial charge in [-0.2, -0.15) is 18.4 Å². The van der Waals surface area contributed by atoms with Crippen molar-refractivity contribution in [2.45, 2.75) is 37.4 Å². The zero-order valence-corrected chi connectivity index (χ0v) is 15.6. The number of aromatic nitrogens is 1. The highest BCUT2D eigenvalue weighted by atomic mass is 32.2. The Kier molecular flexibility index (Phi) is 5.70. The molecule has 0 saturated heterocycles. The number of sulfone groups is 1. The standard InChI is InChI=1S/C16H19F3N4O3S/c1-15(7-20,9-27(2,24)25)23-14(21)12-5-13(26-8-16(17,18)19)11(6-22-12)10-3-4-10/h5-6,10H,3-4,8-9H2,1-2H3,(H2,21,23). The molecule has 0 bridgehead atoms. The van der Waals surface area contributed by atoms with Crippen LogP contribution in [-0.2, 0) is 9.84 Å². The molecule has 1 atom stereocenters. The monoisotopic (exact) mass is 404 g/mol. The zero-order valence-electron chi connectivity index (χ0n) is 14.7. The number of nitrogens with two attached hydrogens (primary N) is 1. The molecular weight excluding hydrogens is 385 g/mol. The smallest absolute Gasteiger partial charge is 0.422 e. The molecule has 0 spiro atoms. The van der Waals surface area contributed by atoms with E-state index in [1.54, 1.807) is 6.07 Å². The maximum Gasteiger partial charge on any atom is 0.422 e. The van der Waals surface area contributed by atoms with Gasteiger partial charge in [0.1, 0.15) is 17.3 Å². The number of nitrogens with zero attached hydrogens (tertiary/aromatic N) is 3. The maximum atomic E-state index is 12.5. The second-order valence-corrected chi connectivity index (χ2v) is 8.88. The van der Waals surface area contributed by atoms with Crippen LogP contribution in [-0.4, -0.2) is 49.6 Å². The number of alkyl halides is 3. The summed E-state index contributed by atoms with van der Waals surface area (Å²) in [6, 6.07) is 3.01. The second kappa shape index (κ2) is 7.34. The van der Waals surface area contributed by atoms with E-state index < -0.39 is 33.9 Å². The summed E-state index contributed by atoms with van der Waals surface area (Å²) in [6.07, 6.45) is -0.512. The van der Waals surface area contributed by atoms with Crippen LogP contribution in [0.4, 0.5) is 13.2 Å². The van der Waals surface area contributed by atoms with Crippen LogP contribution >= 0.6 is 0 Å². The Labute approximate surface area is 155 Å². The van der Waals surface area contributed by atoms with Gasteiger partial charge < -0.3 is 10.5 Å². The van der Waals surface area contributed by atoms with E-state index in [1.165, 1.54) is 19.2 Å². The molecule has 1 unspecified atom stereocenters. The number of hydrogen-bond acceptors (Lipinski definition) is 6. The van der Waals surface area contributed by atoms with Gasteiger partial charge in [-0.1, -0.05) is 0 Å². The summed E-state index contributed by atoms with van der Waals surface area (Å²) < 4.78 is 65.3. The Balaban J connectivity index is 2.35. The van der Waals surface area contributed by atoms with Crippen molar-refractivity contribution < 1.29 is 26.3 Å². The van der Waals surface area contributed by atoms with Crippen LogP contribution in [0, 0.1) is 11.3 Å². The average Bonchev–Trinajstić information content (AvgIpc) is 3.34. The third kappa shape index (κ3) is 6.39. The molecule has 1 heterocycles. The molecule has 0 aromatic carbocycles. The predicted octanol–water partition coefficient (Wildman–Crippen LogP) is 1.93. The van der Waals surface area contributed by atoms with Gasteiger partial charge in [0.25, 0.3) is 0 Å². The molecule has 148 valence electrons. The van der Waals surface area contributed by atoms with Gasteiger partial charge in [-0.25, -0.2) is 13.4 Å². The quantitative estimate of drug-likeness (QED) is 0.548. The minimum absolute atomic E-state index is 0.000233. The topological polar surface area (TPSA) is 118 Å². The average molecular weight is 404 g/mol. The number of ether oxygens (including phenoxy) is 1. The van der Waals surface area contributed by atoms with E-state index >= 15 is 0 Å². The van der Waals surface area contributed by atoms with Gasteiger partial charge >= 0.3 is 6.18 Å². The number of rotatable bonds is 7. The lowest BCUT2D eigenvalue weighted by molar-refractivity contribution is -0.153. The van der Waals surface area contributed by atoms with Gasteiger partial charge in [-0.3, -0.25) is 4.98 Å². The van der Waals surface area contributed by atoms with E-state index in [0.29, 0.717) is 5.56 Å². The third-order valence-corrected chi connectivity index (χ3v) is 4.80. The van der Waals surface area contributed by atoms with E-state index in [-0.39, 0.29) is 23.2 Å². The molecule has 1 fully saturated rings. The van der Waals surface area contributed by atoms with Crippen molar-refractivity contribution in [1.82, 2.24) is 4.98 Å². The van der Waals surface area contributed by atoms with E-state index in [2.05, 4.69) is 9.98 Å². The summed E-state index contributed by atoms with van der Waals surface area (Å²) in [5.74, 6) is -0.737. The van der Waals surface area contributed by atoms with Crippen LogP contribution < -0.4 is 10.5 Å². The first-order valence-electron chi connectivity index (χ1n) is 7.96. The Morgan fingerprint density at radius 2 is 2.11 bits per heavy atom. The van der Waals surface area contributed by atoms with Crippen molar-refractivity contribution in [2.24, 2.45) is 10.7 Å². The van der Waals surface area contributed by atoms with E-state index in [0.717, 1.165) is 19.1 Å². The van der Waals surface area contributed by atoms with Crippen LogP contribution in [0.1, 0.15) is 36.9 Å². The Morgan fingerprint density at radius 1 is 1.48 bits per heavy atom. The van der Waals surface area contributed by atoms with Gasteiger partial charge in [0, 0.05) is 24.1 Å². The molecule has 1 saturated carbocycles. The van der Waals surface area contributed by atoms with E-state index in [4.69, 9.17) is 10.5 Å². The molecular formula is C16H19F3N4O3S. The SMILES string of the molecule is CC(C#N)(CS(C)(=O)=O)N=C(N)c1cc(OCC(F)(F)F)c(C2CC2)cn1. The molecule has 1 aromatic heterocycles. The highest BCUT2D eigenvalue weighted by Crippen LogP contribution is 2.44. The van der Waals surface area contributed by atoms with E-state index in [1.807, 2.05) is 0 Å². The number of hydrogen-bond donors (Lipinski definition) is 1. The van der Waals surface area contributed by atoms with Gasteiger partial charge in [-0.05, 0) is 25.7 Å². The van der Waals surface area contributed by atoms with E-state index in [9.17, 15) is 26.9 Å². The maximum absolute atomic E-state index is 12.5. The highest BCUT2D eigenvalue weighted by Gasteiger charge is 2.33. The van der Waals surface area contributed by atoms with Crippen LogP contribution in [0.3, 0.4) is 0 Å². The molecule has 0 amide bonds. The lowest BCUT2D eigenvalue weighted by atomic mass is 10.1. The Morgan fingerprint density at radius 3 is 2.59 bits per heavy atom. The second-order valence-electron chi connectivity index (χ2n) is 6.74. The lowest BCUT2D eigenvalue weighted by Crippen LogP contribution is -2.33. The number of pyridine rings is 1. The number of amidine groups is 1. The third-order valence-electron chi connectivity index (χ3n) is 3.72. The van der Waals surface area contributed by atoms with Crippen LogP contribution in [0.25, 0.3) is 0 Å². The van der Waals surface area contributed by atoms with Crippen molar-refractivity contribution in [3.05, 3.63) is 23.5 Å². The largest absolute Gasteiger partial charge is 0.484 e. The van der Waals surface area contributed by atoms with Crippen LogP contribution in [0.5, 0.6) is 5.75 Å². The normalized spacial score (nSPS) is 17.9. The lowest BCUT2D eigenvalue weighted by Gasteiger charge is -2.17. The van der Waals surface area contributed by atoms with Crippen LogP contribution in [0.2, 0.25) is 0 Å². The fourth-order valence-corrected chi connectivity index (χ4v) is 3.65. The first-order valence-corrected chi connectivity index (χ1v) is 10.0. The molecule has 1 aromatic rings. The number of nitriles is 1. The summed E-state index contributed by atoms with van der Waals surface area (Å²) in [4.78, 5) is 8.02. The Hall–Kier alpha value is -2.35. The molecule has 0 aliphatic heterocycles. The van der Waals surface area contributed by atoms with Crippen molar-refractivity contribution in [1.29, 1.82) is 5.26 Å². The first kappa shape index (κ1) is 21.0.